The van der Waals surface area contributed by atoms with E-state index in [9.17, 15) is 14.9 Å². The molecule has 2 aromatic carbocycles. The van der Waals surface area contributed by atoms with Gasteiger partial charge in [0.2, 0.25) is 5.91 Å². The van der Waals surface area contributed by atoms with Crippen molar-refractivity contribution in [1.82, 2.24) is 5.43 Å². The molecule has 0 heterocycles. The van der Waals surface area contributed by atoms with Gasteiger partial charge in [-0.1, -0.05) is 0 Å². The van der Waals surface area contributed by atoms with E-state index in [1.54, 1.807) is 31.4 Å². The lowest BCUT2D eigenvalue weighted by Crippen LogP contribution is -2.20. The number of hydrogen-bond acceptors (Lipinski definition) is 7. The van der Waals surface area contributed by atoms with Crippen LogP contribution in [0.15, 0.2) is 41.5 Å². The molecule has 0 atom stereocenters. The van der Waals surface area contributed by atoms with Crippen LogP contribution in [0.5, 0.6) is 17.2 Å². The Morgan fingerprint density at radius 3 is 2.30 bits per heavy atom. The van der Waals surface area contributed by atoms with Crippen molar-refractivity contribution in [2.24, 2.45) is 5.10 Å². The van der Waals surface area contributed by atoms with Crippen LogP contribution in [0, 0.1) is 10.1 Å². The second kappa shape index (κ2) is 9.18. The van der Waals surface area contributed by atoms with Crippen molar-refractivity contribution in [3.05, 3.63) is 57.6 Å². The molecule has 0 unspecified atom stereocenters. The highest BCUT2D eigenvalue weighted by Gasteiger charge is 2.21. The quantitative estimate of drug-likeness (QED) is 0.432. The highest BCUT2D eigenvalue weighted by atomic mass is 16.6. The van der Waals surface area contributed by atoms with Crippen LogP contribution in [0.3, 0.4) is 0 Å². The zero-order valence-corrected chi connectivity index (χ0v) is 15.1. The number of ether oxygens (including phenoxy) is 3. The van der Waals surface area contributed by atoms with E-state index in [0.29, 0.717) is 11.5 Å². The summed E-state index contributed by atoms with van der Waals surface area (Å²) in [4.78, 5) is 22.8. The number of nitro groups is 1. The van der Waals surface area contributed by atoms with Crippen LogP contribution >= 0.6 is 0 Å². The summed E-state index contributed by atoms with van der Waals surface area (Å²) < 4.78 is 15.2. The van der Waals surface area contributed by atoms with Gasteiger partial charge in [-0.25, -0.2) is 5.43 Å². The number of hydrogen-bond donors (Lipinski definition) is 1. The first-order chi connectivity index (χ1) is 13.0. The van der Waals surface area contributed by atoms with E-state index in [1.807, 2.05) is 0 Å². The number of hydrazone groups is 1. The van der Waals surface area contributed by atoms with Crippen LogP contribution in [-0.4, -0.2) is 38.4 Å². The SMILES string of the molecule is COc1ccc(C=NNC(=O)Cc2cc(OC)c(OC)cc2[N+](=O)[O-])cc1. The third-order valence-corrected chi connectivity index (χ3v) is 3.65. The Bertz CT molecular complexity index is 849. The molecule has 2 aromatic rings. The smallest absolute Gasteiger partial charge is 0.277 e. The molecule has 0 aliphatic heterocycles. The van der Waals surface area contributed by atoms with Crippen molar-refractivity contribution in [3.8, 4) is 17.2 Å². The van der Waals surface area contributed by atoms with Crippen LogP contribution in [0.4, 0.5) is 5.69 Å². The molecule has 0 aliphatic rings. The van der Waals surface area contributed by atoms with Gasteiger partial charge >= 0.3 is 0 Å². The van der Waals surface area contributed by atoms with E-state index in [2.05, 4.69) is 10.5 Å². The lowest BCUT2D eigenvalue weighted by Gasteiger charge is -2.10. The Hall–Kier alpha value is -3.62. The average Bonchev–Trinajstić information content (AvgIpc) is 2.67. The molecule has 1 N–H and O–H groups in total. The summed E-state index contributed by atoms with van der Waals surface area (Å²) in [5.41, 5.74) is 3.06. The molecule has 0 radical (unpaired) electrons. The van der Waals surface area contributed by atoms with Crippen LogP contribution in [0.25, 0.3) is 0 Å². The van der Waals surface area contributed by atoms with Gasteiger partial charge in [0.15, 0.2) is 11.5 Å². The van der Waals surface area contributed by atoms with Crippen LogP contribution < -0.4 is 19.6 Å². The molecule has 0 aromatic heterocycles. The molecule has 0 spiro atoms. The summed E-state index contributed by atoms with van der Waals surface area (Å²) in [6, 6.07) is 9.69. The Morgan fingerprint density at radius 1 is 1.11 bits per heavy atom. The fraction of sp³-hybridized carbons (Fsp3) is 0.222. The van der Waals surface area contributed by atoms with E-state index < -0.39 is 10.8 Å². The van der Waals surface area contributed by atoms with Crippen LogP contribution in [0.1, 0.15) is 11.1 Å². The monoisotopic (exact) mass is 373 g/mol. The van der Waals surface area contributed by atoms with Crippen LogP contribution in [0.2, 0.25) is 0 Å². The van der Waals surface area contributed by atoms with Gasteiger partial charge in [-0.05, 0) is 35.9 Å². The molecule has 0 bridgehead atoms. The number of rotatable bonds is 8. The number of carbonyl (C=O) groups is 1. The minimum Gasteiger partial charge on any atom is -0.497 e. The number of carbonyl (C=O) groups excluding carboxylic acids is 1. The van der Waals surface area contributed by atoms with Crippen molar-refractivity contribution in [2.45, 2.75) is 6.42 Å². The largest absolute Gasteiger partial charge is 0.497 e. The number of amides is 1. The number of benzene rings is 2. The van der Waals surface area contributed by atoms with E-state index in [0.717, 1.165) is 5.56 Å². The van der Waals surface area contributed by atoms with Crippen LogP contribution in [-0.2, 0) is 11.2 Å². The maximum absolute atomic E-state index is 12.1. The molecule has 0 fully saturated rings. The van der Waals surface area contributed by atoms with E-state index >= 15 is 0 Å². The van der Waals surface area contributed by atoms with Gasteiger partial charge in [0.05, 0.1) is 45.0 Å². The second-order valence-electron chi connectivity index (χ2n) is 5.34. The summed E-state index contributed by atoms with van der Waals surface area (Å²) in [5, 5.41) is 15.1. The minimum absolute atomic E-state index is 0.190. The van der Waals surface area contributed by atoms with Gasteiger partial charge in [-0.15, -0.1) is 0 Å². The van der Waals surface area contributed by atoms with E-state index in [4.69, 9.17) is 14.2 Å². The third kappa shape index (κ3) is 5.18. The molecule has 9 nitrogen and oxygen atoms in total. The zero-order chi connectivity index (χ0) is 19.8. The van der Waals surface area contributed by atoms with Gasteiger partial charge in [-0.3, -0.25) is 14.9 Å². The van der Waals surface area contributed by atoms with Crippen molar-refractivity contribution in [2.75, 3.05) is 21.3 Å². The molecule has 142 valence electrons. The number of methoxy groups -OCH3 is 3. The lowest BCUT2D eigenvalue weighted by atomic mass is 10.1. The maximum atomic E-state index is 12.1. The van der Waals surface area contributed by atoms with Gasteiger partial charge in [0.1, 0.15) is 5.75 Å². The van der Waals surface area contributed by atoms with Crippen molar-refractivity contribution >= 4 is 17.8 Å². The summed E-state index contributed by atoms with van der Waals surface area (Å²) in [7, 11) is 4.35. The first-order valence-corrected chi connectivity index (χ1v) is 7.83. The standard InChI is InChI=1S/C18H19N3O6/c1-25-14-6-4-12(5-7-14)11-19-20-18(22)9-13-8-16(26-2)17(27-3)10-15(13)21(23)24/h4-8,10-11H,9H2,1-3H3,(H,20,22). The Morgan fingerprint density at radius 2 is 1.74 bits per heavy atom. The summed E-state index contributed by atoms with van der Waals surface area (Å²) in [5.74, 6) is 0.713. The maximum Gasteiger partial charge on any atom is 0.277 e. The Balaban J connectivity index is 2.09. The van der Waals surface area contributed by atoms with Gasteiger partial charge in [0.25, 0.3) is 5.69 Å². The first kappa shape index (κ1) is 19.7. The molecule has 0 aliphatic carbocycles. The fourth-order valence-corrected chi connectivity index (χ4v) is 2.30. The van der Waals surface area contributed by atoms with E-state index in [1.165, 1.54) is 32.6 Å². The van der Waals surface area contributed by atoms with Gasteiger partial charge < -0.3 is 14.2 Å². The molecule has 9 heteroatoms. The molecular formula is C18H19N3O6. The Kier molecular flexibility index (Phi) is 6.70. The lowest BCUT2D eigenvalue weighted by molar-refractivity contribution is -0.385. The molecular weight excluding hydrogens is 354 g/mol. The van der Waals surface area contributed by atoms with Gasteiger partial charge in [0, 0.05) is 5.56 Å². The fourth-order valence-electron chi connectivity index (χ4n) is 2.30. The third-order valence-electron chi connectivity index (χ3n) is 3.65. The van der Waals surface area contributed by atoms with Crippen molar-refractivity contribution < 1.29 is 23.9 Å². The van der Waals surface area contributed by atoms with Gasteiger partial charge in [-0.2, -0.15) is 5.10 Å². The minimum atomic E-state index is -0.578. The summed E-state index contributed by atoms with van der Waals surface area (Å²) in [6.07, 6.45) is 1.22. The predicted molar refractivity (Wildman–Crippen MR) is 98.6 cm³/mol. The molecule has 1 amide bonds. The molecule has 0 saturated heterocycles. The molecule has 0 saturated carbocycles. The molecule has 27 heavy (non-hydrogen) atoms. The highest BCUT2D eigenvalue weighted by Crippen LogP contribution is 2.34. The average molecular weight is 373 g/mol. The highest BCUT2D eigenvalue weighted by molar-refractivity contribution is 5.84. The normalized spacial score (nSPS) is 10.5. The van der Waals surface area contributed by atoms with Crippen molar-refractivity contribution in [1.29, 1.82) is 0 Å². The second-order valence-corrected chi connectivity index (χ2v) is 5.34. The zero-order valence-electron chi connectivity index (χ0n) is 15.1. The number of nitrogens with zero attached hydrogens (tertiary/aromatic N) is 2. The predicted octanol–water partition coefficient (Wildman–Crippen LogP) is 2.31. The number of nitrogens with one attached hydrogen (secondary N) is 1. The van der Waals surface area contributed by atoms with E-state index in [-0.39, 0.29) is 23.4 Å². The summed E-state index contributed by atoms with van der Waals surface area (Å²) >= 11 is 0. The Labute approximate surface area is 155 Å². The molecule has 2 rings (SSSR count). The first-order valence-electron chi connectivity index (χ1n) is 7.83. The number of nitro benzene ring substituents is 1. The summed E-state index contributed by atoms with van der Waals surface area (Å²) in [6.45, 7) is 0. The van der Waals surface area contributed by atoms with Crippen molar-refractivity contribution in [3.63, 3.8) is 0 Å². The topological polar surface area (TPSA) is 112 Å².